The summed E-state index contributed by atoms with van der Waals surface area (Å²) in [5.41, 5.74) is 4.22. The Bertz CT molecular complexity index is 1400. The van der Waals surface area contributed by atoms with Gasteiger partial charge < -0.3 is 19.5 Å². The third-order valence-electron chi connectivity index (χ3n) is 6.87. The zero-order valence-electron chi connectivity index (χ0n) is 20.8. The van der Waals surface area contributed by atoms with Crippen molar-refractivity contribution < 1.29 is 9.90 Å². The quantitative estimate of drug-likeness (QED) is 0.473. The Morgan fingerprint density at radius 2 is 2.06 bits per heavy atom. The number of aliphatic hydroxyl groups is 1. The van der Waals surface area contributed by atoms with Crippen molar-refractivity contribution in [2.45, 2.75) is 45.3 Å². The number of rotatable bonds is 5. The van der Waals surface area contributed by atoms with Crippen LogP contribution < -0.4 is 4.90 Å². The average molecular weight is 473 g/mol. The number of piperidine rings is 1. The highest BCUT2D eigenvalue weighted by molar-refractivity contribution is 5.97. The average Bonchev–Trinajstić information content (AvgIpc) is 3.26. The highest BCUT2D eigenvalue weighted by Crippen LogP contribution is 2.32. The number of β-amino-alcohol motifs (C(OH)–C–C–N with tert-alkyl or cyclic N) is 1. The molecule has 0 unspecified atom stereocenters. The molecule has 0 aliphatic carbocycles. The molecule has 0 saturated carbocycles. The number of amides is 1. The summed E-state index contributed by atoms with van der Waals surface area (Å²) in [6, 6.07) is 9.89. The number of aryl methyl sites for hydroxylation is 1. The molecule has 1 N–H and O–H groups in total. The second-order valence-corrected chi connectivity index (χ2v) is 10.0. The van der Waals surface area contributed by atoms with E-state index in [1.807, 2.05) is 43.7 Å². The molecule has 1 aliphatic rings. The van der Waals surface area contributed by atoms with Crippen LogP contribution in [0.2, 0.25) is 0 Å². The van der Waals surface area contributed by atoms with Crippen LogP contribution in [0, 0.1) is 6.92 Å². The standard InChI is InChI=1S/C27H32N6O2/c1-18(2)33-17-29-23-13-20(6-7-24(23)33)26(34)31(4)15-27(35)9-5-11-32(16-27)25-12-19(3)30-22-8-10-28-14-21(22)25/h6-8,10,12-14,17-18,35H,5,9,11,15-16H2,1-4H3/t27-/m1/s1. The number of benzene rings is 1. The third kappa shape index (κ3) is 4.46. The molecule has 8 heteroatoms. The molecule has 1 aliphatic heterocycles. The molecule has 8 nitrogen and oxygen atoms in total. The van der Waals surface area contributed by atoms with E-state index in [9.17, 15) is 9.90 Å². The zero-order chi connectivity index (χ0) is 24.7. The first kappa shape index (κ1) is 23.2. The lowest BCUT2D eigenvalue weighted by Gasteiger charge is -2.42. The van der Waals surface area contributed by atoms with Crippen molar-refractivity contribution in [3.63, 3.8) is 0 Å². The molecule has 0 radical (unpaired) electrons. The fraction of sp³-hybridized carbons (Fsp3) is 0.407. The molecule has 1 aromatic carbocycles. The van der Waals surface area contributed by atoms with Crippen LogP contribution in [-0.2, 0) is 0 Å². The highest BCUT2D eigenvalue weighted by atomic mass is 16.3. The van der Waals surface area contributed by atoms with Gasteiger partial charge in [0.05, 0.1) is 35.0 Å². The lowest BCUT2D eigenvalue weighted by molar-refractivity contribution is 0.0000701. The third-order valence-corrected chi connectivity index (χ3v) is 6.87. The molecule has 5 rings (SSSR count). The van der Waals surface area contributed by atoms with E-state index in [2.05, 4.69) is 44.3 Å². The maximum absolute atomic E-state index is 13.3. The van der Waals surface area contributed by atoms with Gasteiger partial charge in [-0.1, -0.05) is 0 Å². The first-order valence-corrected chi connectivity index (χ1v) is 12.1. The number of anilines is 1. The second-order valence-electron chi connectivity index (χ2n) is 10.0. The van der Waals surface area contributed by atoms with Crippen LogP contribution in [0.3, 0.4) is 0 Å². The van der Waals surface area contributed by atoms with Gasteiger partial charge in [0.2, 0.25) is 0 Å². The minimum Gasteiger partial charge on any atom is -0.386 e. The van der Waals surface area contributed by atoms with Gasteiger partial charge in [-0.3, -0.25) is 14.8 Å². The molecule has 4 aromatic rings. The van der Waals surface area contributed by atoms with Gasteiger partial charge in [0.15, 0.2) is 0 Å². The van der Waals surface area contributed by atoms with Crippen molar-refractivity contribution in [2.75, 3.05) is 31.6 Å². The number of nitrogens with zero attached hydrogens (tertiary/aromatic N) is 6. The van der Waals surface area contributed by atoms with Crippen LogP contribution in [0.25, 0.3) is 21.9 Å². The summed E-state index contributed by atoms with van der Waals surface area (Å²) in [7, 11) is 1.76. The van der Waals surface area contributed by atoms with Crippen molar-refractivity contribution in [1.82, 2.24) is 24.4 Å². The zero-order valence-corrected chi connectivity index (χ0v) is 20.8. The van der Waals surface area contributed by atoms with Crippen molar-refractivity contribution in [3.8, 4) is 0 Å². The number of hydrogen-bond acceptors (Lipinski definition) is 6. The van der Waals surface area contributed by atoms with Gasteiger partial charge in [-0.2, -0.15) is 0 Å². The summed E-state index contributed by atoms with van der Waals surface area (Å²) in [6.07, 6.45) is 6.86. The van der Waals surface area contributed by atoms with E-state index in [1.165, 1.54) is 0 Å². The number of pyridine rings is 2. The number of carbonyl (C=O) groups excluding carboxylic acids is 1. The molecule has 1 saturated heterocycles. The summed E-state index contributed by atoms with van der Waals surface area (Å²) in [5.74, 6) is -0.119. The Morgan fingerprint density at radius 3 is 2.86 bits per heavy atom. The first-order valence-electron chi connectivity index (χ1n) is 12.1. The molecular weight excluding hydrogens is 440 g/mol. The SMILES string of the molecule is Cc1cc(N2CCC[C@@](O)(CN(C)C(=O)c3ccc4c(c3)ncn4C(C)C)C2)c2cnccc2n1. The number of fused-ring (bicyclic) bond motifs is 2. The molecule has 1 atom stereocenters. The van der Waals surface area contributed by atoms with Gasteiger partial charge in [-0.25, -0.2) is 4.98 Å². The fourth-order valence-electron chi connectivity index (χ4n) is 5.20. The van der Waals surface area contributed by atoms with Gasteiger partial charge in [0, 0.05) is 60.9 Å². The lowest BCUT2D eigenvalue weighted by Crippen LogP contribution is -2.54. The minimum atomic E-state index is -1.02. The van der Waals surface area contributed by atoms with Crippen LogP contribution in [0.4, 0.5) is 5.69 Å². The Balaban J connectivity index is 1.35. The number of imidazole rings is 1. The van der Waals surface area contributed by atoms with Crippen LogP contribution in [-0.4, -0.2) is 67.7 Å². The molecule has 0 bridgehead atoms. The van der Waals surface area contributed by atoms with Crippen molar-refractivity contribution in [3.05, 3.63) is 60.3 Å². The Kier molecular flexibility index (Phi) is 5.92. The molecule has 1 amide bonds. The fourth-order valence-corrected chi connectivity index (χ4v) is 5.20. The first-order chi connectivity index (χ1) is 16.7. The monoisotopic (exact) mass is 472 g/mol. The van der Waals surface area contributed by atoms with Gasteiger partial charge in [0.1, 0.15) is 0 Å². The van der Waals surface area contributed by atoms with Gasteiger partial charge in [0.25, 0.3) is 5.91 Å². The van der Waals surface area contributed by atoms with E-state index >= 15 is 0 Å². The van der Waals surface area contributed by atoms with Crippen LogP contribution >= 0.6 is 0 Å². The summed E-state index contributed by atoms with van der Waals surface area (Å²) in [6.45, 7) is 7.72. The Hall–Kier alpha value is -3.52. The van der Waals surface area contributed by atoms with Gasteiger partial charge in [-0.15, -0.1) is 0 Å². The molecule has 3 aromatic heterocycles. The van der Waals surface area contributed by atoms with E-state index in [0.29, 0.717) is 24.6 Å². The van der Waals surface area contributed by atoms with E-state index in [4.69, 9.17) is 0 Å². The van der Waals surface area contributed by atoms with E-state index < -0.39 is 5.60 Å². The van der Waals surface area contributed by atoms with Crippen molar-refractivity contribution in [2.24, 2.45) is 0 Å². The van der Waals surface area contributed by atoms with Gasteiger partial charge in [-0.05, 0) is 63.9 Å². The molecule has 0 spiro atoms. The second kappa shape index (κ2) is 8.92. The van der Waals surface area contributed by atoms with Crippen LogP contribution in [0.5, 0.6) is 0 Å². The maximum atomic E-state index is 13.3. The van der Waals surface area contributed by atoms with E-state index in [0.717, 1.165) is 46.3 Å². The molecule has 182 valence electrons. The maximum Gasteiger partial charge on any atom is 0.253 e. The summed E-state index contributed by atoms with van der Waals surface area (Å²) in [4.78, 5) is 30.5. The summed E-state index contributed by atoms with van der Waals surface area (Å²) >= 11 is 0. The van der Waals surface area contributed by atoms with Crippen LogP contribution in [0.15, 0.2) is 49.1 Å². The summed E-state index contributed by atoms with van der Waals surface area (Å²) in [5, 5.41) is 12.5. The van der Waals surface area contributed by atoms with Gasteiger partial charge >= 0.3 is 0 Å². The molecular formula is C27H32N6O2. The highest BCUT2D eigenvalue weighted by Gasteiger charge is 2.36. The summed E-state index contributed by atoms with van der Waals surface area (Å²) < 4.78 is 2.09. The molecule has 1 fully saturated rings. The number of hydrogen-bond donors (Lipinski definition) is 1. The largest absolute Gasteiger partial charge is 0.386 e. The van der Waals surface area contributed by atoms with E-state index in [1.54, 1.807) is 18.1 Å². The molecule has 4 heterocycles. The predicted octanol–water partition coefficient (Wildman–Crippen LogP) is 3.97. The van der Waals surface area contributed by atoms with Crippen molar-refractivity contribution >= 4 is 33.5 Å². The minimum absolute atomic E-state index is 0.119. The number of aromatic nitrogens is 4. The Morgan fingerprint density at radius 1 is 1.23 bits per heavy atom. The molecule has 35 heavy (non-hydrogen) atoms. The predicted molar refractivity (Wildman–Crippen MR) is 138 cm³/mol. The van der Waals surface area contributed by atoms with Crippen LogP contribution in [0.1, 0.15) is 48.8 Å². The smallest absolute Gasteiger partial charge is 0.253 e. The van der Waals surface area contributed by atoms with E-state index in [-0.39, 0.29) is 12.5 Å². The normalized spacial score (nSPS) is 18.5. The topological polar surface area (TPSA) is 87.4 Å². The lowest BCUT2D eigenvalue weighted by atomic mass is 9.91. The Labute approximate surface area is 205 Å². The number of carbonyl (C=O) groups is 1. The van der Waals surface area contributed by atoms with Crippen molar-refractivity contribution in [1.29, 1.82) is 0 Å². The number of likely N-dealkylation sites (N-methyl/N-ethyl adjacent to an activating group) is 1.